The summed E-state index contributed by atoms with van der Waals surface area (Å²) in [5, 5.41) is 15.4. The number of hydrogen-bond donors (Lipinski definition) is 1. The summed E-state index contributed by atoms with van der Waals surface area (Å²) in [4.78, 5) is 17.7. The van der Waals surface area contributed by atoms with Gasteiger partial charge < -0.3 is 14.8 Å². The number of amides is 1. The normalized spacial score (nSPS) is 20.3. The topological polar surface area (TPSA) is 114 Å². The fourth-order valence-corrected chi connectivity index (χ4v) is 2.98. The molecule has 132 valence electrons. The first-order chi connectivity index (χ1) is 12.1. The summed E-state index contributed by atoms with van der Waals surface area (Å²) >= 11 is 0. The molecule has 0 unspecified atom stereocenters. The zero-order chi connectivity index (χ0) is 17.8. The average molecular weight is 348 g/mol. The van der Waals surface area contributed by atoms with Gasteiger partial charge in [0.25, 0.3) is 0 Å². The molecule has 1 atom stereocenters. The Morgan fingerprint density at radius 1 is 1.40 bits per heavy atom. The number of oxime groups is 1. The van der Waals surface area contributed by atoms with Crippen LogP contribution in [-0.2, 0) is 4.74 Å². The molecule has 3 rings (SSSR count). The molecule has 2 fully saturated rings. The van der Waals surface area contributed by atoms with Gasteiger partial charge in [0, 0.05) is 30.8 Å². The third kappa shape index (κ3) is 3.58. The highest BCUT2D eigenvalue weighted by Crippen LogP contribution is 2.29. The van der Waals surface area contributed by atoms with Gasteiger partial charge in [-0.05, 0) is 23.7 Å². The first-order valence-electron chi connectivity index (χ1n) is 7.85. The largest absolute Gasteiger partial charge is 0.444 e. The van der Waals surface area contributed by atoms with Gasteiger partial charge in [0.05, 0.1) is 30.2 Å². The smallest absolute Gasteiger partial charge is 0.414 e. The van der Waals surface area contributed by atoms with Gasteiger partial charge in [-0.15, -0.1) is 0 Å². The van der Waals surface area contributed by atoms with Crippen molar-refractivity contribution in [2.75, 3.05) is 36.0 Å². The lowest BCUT2D eigenvalue weighted by molar-refractivity contribution is 0.145. The zero-order valence-corrected chi connectivity index (χ0v) is 13.4. The molecule has 2 aliphatic heterocycles. The molecule has 1 aromatic rings. The van der Waals surface area contributed by atoms with Gasteiger partial charge in [-0.1, -0.05) is 10.3 Å². The standard InChI is InChI=1S/C15H17FN6O3/c16-13-7-11(22-9-12(8-18-20-17)25-15(22)23)1-2-14(13)21-5-3-10(19-24)4-6-21/h1-2,7,12,24H,3-6,8-9H2/t12-/m0/s1. The van der Waals surface area contributed by atoms with Gasteiger partial charge in [0.2, 0.25) is 0 Å². The van der Waals surface area contributed by atoms with Gasteiger partial charge in [-0.3, -0.25) is 4.90 Å². The summed E-state index contributed by atoms with van der Waals surface area (Å²) in [6.45, 7) is 1.38. The minimum Gasteiger partial charge on any atom is -0.444 e. The number of carbonyl (C=O) groups excluding carboxylic acids is 1. The second kappa shape index (κ2) is 7.27. The number of cyclic esters (lactones) is 1. The van der Waals surface area contributed by atoms with Crippen LogP contribution >= 0.6 is 0 Å². The van der Waals surface area contributed by atoms with Crippen LogP contribution < -0.4 is 9.80 Å². The molecular formula is C15H17FN6O3. The van der Waals surface area contributed by atoms with Crippen LogP contribution in [0.2, 0.25) is 0 Å². The van der Waals surface area contributed by atoms with E-state index in [0.717, 1.165) is 0 Å². The maximum Gasteiger partial charge on any atom is 0.414 e. The Balaban J connectivity index is 1.72. The van der Waals surface area contributed by atoms with Crippen molar-refractivity contribution in [1.82, 2.24) is 0 Å². The molecule has 0 radical (unpaired) electrons. The maximum absolute atomic E-state index is 14.5. The van der Waals surface area contributed by atoms with Crippen LogP contribution in [0.5, 0.6) is 0 Å². The van der Waals surface area contributed by atoms with Crippen molar-refractivity contribution < 1.29 is 19.1 Å². The minimum absolute atomic E-state index is 0.0435. The Kier molecular flexibility index (Phi) is 4.90. The number of benzene rings is 1. The molecule has 0 aromatic heterocycles. The Hall–Kier alpha value is -3.00. The number of halogens is 1. The zero-order valence-electron chi connectivity index (χ0n) is 13.4. The molecule has 2 saturated heterocycles. The molecule has 25 heavy (non-hydrogen) atoms. The van der Waals surface area contributed by atoms with Crippen LogP contribution in [0.4, 0.5) is 20.6 Å². The van der Waals surface area contributed by atoms with Crippen molar-refractivity contribution in [2.24, 2.45) is 10.3 Å². The minimum atomic E-state index is -0.591. The second-order valence-electron chi connectivity index (χ2n) is 5.82. The second-order valence-corrected chi connectivity index (χ2v) is 5.82. The van der Waals surface area contributed by atoms with Crippen molar-refractivity contribution in [1.29, 1.82) is 0 Å². The van der Waals surface area contributed by atoms with Crippen LogP contribution in [0.25, 0.3) is 10.4 Å². The van der Waals surface area contributed by atoms with E-state index in [1.165, 1.54) is 11.0 Å². The third-order valence-electron chi connectivity index (χ3n) is 4.29. The molecule has 2 aliphatic rings. The van der Waals surface area contributed by atoms with Crippen molar-refractivity contribution in [3.8, 4) is 0 Å². The number of ether oxygens (including phenoxy) is 1. The summed E-state index contributed by atoms with van der Waals surface area (Å²) in [6.07, 6.45) is 0.0329. The molecule has 0 spiro atoms. The summed E-state index contributed by atoms with van der Waals surface area (Å²) in [6, 6.07) is 4.58. The summed E-state index contributed by atoms with van der Waals surface area (Å²) in [5.41, 5.74) is 9.87. The summed E-state index contributed by atoms with van der Waals surface area (Å²) in [5.74, 6) is -0.437. The first kappa shape index (κ1) is 16.8. The highest BCUT2D eigenvalue weighted by Gasteiger charge is 2.32. The van der Waals surface area contributed by atoms with Gasteiger partial charge in [-0.25, -0.2) is 9.18 Å². The molecule has 0 bridgehead atoms. The lowest BCUT2D eigenvalue weighted by Gasteiger charge is -2.29. The Labute approximate surface area is 142 Å². The number of rotatable bonds is 4. The van der Waals surface area contributed by atoms with Crippen LogP contribution in [0, 0.1) is 5.82 Å². The summed E-state index contributed by atoms with van der Waals surface area (Å²) < 4.78 is 19.6. The van der Waals surface area contributed by atoms with Gasteiger partial charge in [0.1, 0.15) is 11.9 Å². The molecule has 0 saturated carbocycles. The molecule has 10 heteroatoms. The molecule has 1 amide bonds. The number of nitrogens with zero attached hydrogens (tertiary/aromatic N) is 6. The monoisotopic (exact) mass is 348 g/mol. The van der Waals surface area contributed by atoms with Crippen LogP contribution in [-0.4, -0.2) is 49.3 Å². The third-order valence-corrected chi connectivity index (χ3v) is 4.29. The van der Waals surface area contributed by atoms with E-state index in [0.29, 0.717) is 43.0 Å². The van der Waals surface area contributed by atoms with E-state index in [4.69, 9.17) is 15.5 Å². The van der Waals surface area contributed by atoms with E-state index < -0.39 is 18.0 Å². The van der Waals surface area contributed by atoms with Gasteiger partial charge in [-0.2, -0.15) is 0 Å². The Morgan fingerprint density at radius 3 is 2.80 bits per heavy atom. The van der Waals surface area contributed by atoms with Crippen LogP contribution in [0.15, 0.2) is 28.5 Å². The molecular weight excluding hydrogens is 331 g/mol. The molecule has 2 heterocycles. The number of anilines is 2. The number of azide groups is 1. The Bertz CT molecular complexity index is 739. The molecule has 1 aromatic carbocycles. The highest BCUT2D eigenvalue weighted by atomic mass is 19.1. The predicted octanol–water partition coefficient (Wildman–Crippen LogP) is 2.89. The summed E-state index contributed by atoms with van der Waals surface area (Å²) in [7, 11) is 0. The maximum atomic E-state index is 14.5. The molecule has 0 aliphatic carbocycles. The fraction of sp³-hybridized carbons (Fsp3) is 0.467. The van der Waals surface area contributed by atoms with Crippen molar-refractivity contribution in [3.63, 3.8) is 0 Å². The SMILES string of the molecule is [N-]=[N+]=NC[C@H]1CN(c2ccc(N3CCC(=NO)CC3)c(F)c2)C(=O)O1. The van der Waals surface area contributed by atoms with E-state index >= 15 is 0 Å². The lowest BCUT2D eigenvalue weighted by Crippen LogP contribution is -2.34. The van der Waals surface area contributed by atoms with E-state index in [9.17, 15) is 9.18 Å². The Morgan fingerprint density at radius 2 is 2.16 bits per heavy atom. The molecule has 1 N–H and O–H groups in total. The van der Waals surface area contributed by atoms with Crippen LogP contribution in [0.1, 0.15) is 12.8 Å². The fourth-order valence-electron chi connectivity index (χ4n) is 2.98. The van der Waals surface area contributed by atoms with Gasteiger partial charge >= 0.3 is 6.09 Å². The van der Waals surface area contributed by atoms with E-state index in [1.807, 2.05) is 4.90 Å². The molecule has 9 nitrogen and oxygen atoms in total. The van der Waals surface area contributed by atoms with Crippen LogP contribution in [0.3, 0.4) is 0 Å². The number of piperidine rings is 1. The average Bonchev–Trinajstić information content (AvgIpc) is 3.00. The van der Waals surface area contributed by atoms with Crippen molar-refractivity contribution in [2.45, 2.75) is 18.9 Å². The van der Waals surface area contributed by atoms with E-state index in [2.05, 4.69) is 15.2 Å². The van der Waals surface area contributed by atoms with Gasteiger partial charge in [0.15, 0.2) is 0 Å². The van der Waals surface area contributed by atoms with Crippen molar-refractivity contribution in [3.05, 3.63) is 34.5 Å². The highest BCUT2D eigenvalue weighted by molar-refractivity contribution is 5.90. The van der Waals surface area contributed by atoms with Crippen molar-refractivity contribution >= 4 is 23.2 Å². The first-order valence-corrected chi connectivity index (χ1v) is 7.85. The van der Waals surface area contributed by atoms with E-state index in [1.54, 1.807) is 12.1 Å². The lowest BCUT2D eigenvalue weighted by atomic mass is 10.1. The quantitative estimate of drug-likeness (QED) is 0.296. The predicted molar refractivity (Wildman–Crippen MR) is 88.7 cm³/mol. The number of hydrogen-bond acceptors (Lipinski definition) is 6. The number of carbonyl (C=O) groups is 1. The van der Waals surface area contributed by atoms with E-state index in [-0.39, 0.29) is 13.1 Å².